The van der Waals surface area contributed by atoms with E-state index >= 15 is 0 Å². The van der Waals surface area contributed by atoms with Crippen molar-refractivity contribution in [2.75, 3.05) is 5.32 Å². The number of hydrogen-bond donors (Lipinski definition) is 1. The lowest BCUT2D eigenvalue weighted by Crippen LogP contribution is -2.16. The molecule has 0 radical (unpaired) electrons. The number of ether oxygens (including phenoxy) is 1. The van der Waals surface area contributed by atoms with Gasteiger partial charge in [0.1, 0.15) is 11.6 Å². The molecule has 0 bridgehead atoms. The number of benzene rings is 1. The summed E-state index contributed by atoms with van der Waals surface area (Å²) in [4.78, 5) is 15.6. The van der Waals surface area contributed by atoms with Crippen LogP contribution in [0.15, 0.2) is 30.3 Å². The number of rotatable bonds is 3. The maximum absolute atomic E-state index is 11.5. The standard InChI is InChI=1S/C11H11N3O2S.C2H6/c1-2-9-12-10(17-14-9)13-11(15)16-8-6-4-3-5-7-8;1-2/h3-7H,2H2,1H3,(H,12,13,14,15);1-2H3. The van der Waals surface area contributed by atoms with Gasteiger partial charge in [-0.25, -0.2) is 9.78 Å². The van der Waals surface area contributed by atoms with Crippen LogP contribution in [0.5, 0.6) is 5.75 Å². The summed E-state index contributed by atoms with van der Waals surface area (Å²) in [6.07, 6.45) is 0.182. The number of nitrogens with zero attached hydrogens (tertiary/aromatic N) is 2. The minimum absolute atomic E-state index is 0.447. The smallest absolute Gasteiger partial charge is 0.410 e. The van der Waals surface area contributed by atoms with Gasteiger partial charge < -0.3 is 4.74 Å². The summed E-state index contributed by atoms with van der Waals surface area (Å²) in [5.41, 5.74) is 0. The molecule has 2 rings (SSSR count). The molecule has 1 aromatic carbocycles. The second-order valence-electron chi connectivity index (χ2n) is 3.20. The van der Waals surface area contributed by atoms with Crippen LogP contribution in [-0.2, 0) is 6.42 Å². The molecule has 1 heterocycles. The second kappa shape index (κ2) is 8.20. The summed E-state index contributed by atoms with van der Waals surface area (Å²) in [6.45, 7) is 5.95. The van der Waals surface area contributed by atoms with Crippen molar-refractivity contribution in [2.24, 2.45) is 0 Å². The minimum atomic E-state index is -0.560. The average molecular weight is 279 g/mol. The van der Waals surface area contributed by atoms with E-state index in [9.17, 15) is 4.79 Å². The number of amides is 1. The highest BCUT2D eigenvalue weighted by atomic mass is 32.1. The van der Waals surface area contributed by atoms with Crippen LogP contribution in [0, 0.1) is 0 Å². The van der Waals surface area contributed by atoms with E-state index in [4.69, 9.17) is 4.74 Å². The van der Waals surface area contributed by atoms with Gasteiger partial charge in [-0.3, -0.25) is 5.32 Å². The van der Waals surface area contributed by atoms with Crippen LogP contribution in [0.2, 0.25) is 0 Å². The van der Waals surface area contributed by atoms with Crippen LogP contribution in [-0.4, -0.2) is 15.5 Å². The third-order valence-corrected chi connectivity index (χ3v) is 2.62. The van der Waals surface area contributed by atoms with Gasteiger partial charge >= 0.3 is 6.09 Å². The van der Waals surface area contributed by atoms with Crippen molar-refractivity contribution in [3.8, 4) is 5.75 Å². The van der Waals surface area contributed by atoms with Crippen molar-refractivity contribution >= 4 is 22.8 Å². The SMILES string of the molecule is CC.CCc1nsc(NC(=O)Oc2ccccc2)n1. The molecule has 1 aromatic heterocycles. The zero-order chi connectivity index (χ0) is 14.1. The Morgan fingerprint density at radius 2 is 2.00 bits per heavy atom. The van der Waals surface area contributed by atoms with Gasteiger partial charge in [-0.15, -0.1) is 0 Å². The molecule has 0 saturated heterocycles. The van der Waals surface area contributed by atoms with E-state index in [-0.39, 0.29) is 0 Å². The molecule has 0 aliphatic carbocycles. The van der Waals surface area contributed by atoms with Crippen molar-refractivity contribution in [2.45, 2.75) is 27.2 Å². The Kier molecular flexibility index (Phi) is 6.52. The molecule has 0 spiro atoms. The number of carbonyl (C=O) groups is 1. The number of anilines is 1. The van der Waals surface area contributed by atoms with Gasteiger partial charge in [-0.05, 0) is 12.1 Å². The van der Waals surface area contributed by atoms with Crippen molar-refractivity contribution in [3.05, 3.63) is 36.2 Å². The van der Waals surface area contributed by atoms with Gasteiger partial charge in [0.05, 0.1) is 0 Å². The van der Waals surface area contributed by atoms with Crippen LogP contribution in [0.25, 0.3) is 0 Å². The third-order valence-electron chi connectivity index (χ3n) is 1.95. The fraction of sp³-hybridized carbons (Fsp3) is 0.308. The summed E-state index contributed by atoms with van der Waals surface area (Å²) in [5, 5.41) is 2.98. The second-order valence-corrected chi connectivity index (χ2v) is 3.95. The van der Waals surface area contributed by atoms with E-state index in [0.717, 1.165) is 18.0 Å². The lowest BCUT2D eigenvalue weighted by atomic mass is 10.3. The first-order valence-electron chi connectivity index (χ1n) is 6.14. The van der Waals surface area contributed by atoms with Gasteiger partial charge in [0.15, 0.2) is 0 Å². The highest BCUT2D eigenvalue weighted by molar-refractivity contribution is 7.09. The number of carbonyl (C=O) groups excluding carboxylic acids is 1. The molecule has 0 saturated carbocycles. The van der Waals surface area contributed by atoms with Gasteiger partial charge in [-0.2, -0.15) is 4.37 Å². The summed E-state index contributed by atoms with van der Waals surface area (Å²) in [5.74, 6) is 1.20. The molecule has 2 aromatic rings. The first-order chi connectivity index (χ1) is 9.28. The number of hydrogen-bond acceptors (Lipinski definition) is 5. The molecule has 1 N–H and O–H groups in total. The maximum Gasteiger partial charge on any atom is 0.418 e. The molecule has 19 heavy (non-hydrogen) atoms. The van der Waals surface area contributed by atoms with Gasteiger partial charge in [-0.1, -0.05) is 39.0 Å². The molecular formula is C13H17N3O2S. The van der Waals surface area contributed by atoms with Crippen LogP contribution in [0.4, 0.5) is 9.93 Å². The van der Waals surface area contributed by atoms with E-state index < -0.39 is 6.09 Å². The van der Waals surface area contributed by atoms with Gasteiger partial charge in [0.2, 0.25) is 5.13 Å². The molecular weight excluding hydrogens is 262 g/mol. The Morgan fingerprint density at radius 3 is 2.58 bits per heavy atom. The average Bonchev–Trinajstić information content (AvgIpc) is 2.89. The van der Waals surface area contributed by atoms with Gasteiger partial charge in [0.25, 0.3) is 0 Å². The predicted molar refractivity (Wildman–Crippen MR) is 76.7 cm³/mol. The molecule has 0 aliphatic rings. The molecule has 1 amide bonds. The summed E-state index contributed by atoms with van der Waals surface area (Å²) in [7, 11) is 0. The highest BCUT2D eigenvalue weighted by Gasteiger charge is 2.08. The largest absolute Gasteiger partial charge is 0.418 e. The van der Waals surface area contributed by atoms with E-state index in [1.165, 1.54) is 0 Å². The van der Waals surface area contributed by atoms with Crippen LogP contribution in [0.3, 0.4) is 0 Å². The van der Waals surface area contributed by atoms with Crippen LogP contribution in [0.1, 0.15) is 26.6 Å². The number of nitrogens with one attached hydrogen (secondary N) is 1. The first-order valence-corrected chi connectivity index (χ1v) is 6.91. The van der Waals surface area contributed by atoms with E-state index in [1.807, 2.05) is 26.8 Å². The summed E-state index contributed by atoms with van der Waals surface area (Å²) in [6, 6.07) is 8.85. The van der Waals surface area contributed by atoms with Crippen molar-refractivity contribution < 1.29 is 9.53 Å². The van der Waals surface area contributed by atoms with Crippen molar-refractivity contribution in [3.63, 3.8) is 0 Å². The first kappa shape index (κ1) is 15.1. The number of para-hydroxylation sites is 1. The van der Waals surface area contributed by atoms with E-state index in [1.54, 1.807) is 24.3 Å². The topological polar surface area (TPSA) is 64.1 Å². The molecule has 102 valence electrons. The van der Waals surface area contributed by atoms with Crippen molar-refractivity contribution in [1.82, 2.24) is 9.36 Å². The summed E-state index contributed by atoms with van der Waals surface area (Å²) < 4.78 is 9.11. The quantitative estimate of drug-likeness (QED) is 0.929. The molecule has 0 atom stereocenters. The lowest BCUT2D eigenvalue weighted by molar-refractivity contribution is 0.215. The number of aryl methyl sites for hydroxylation is 1. The molecule has 0 unspecified atom stereocenters. The predicted octanol–water partition coefficient (Wildman–Crippen LogP) is 3.74. The molecule has 6 heteroatoms. The van der Waals surface area contributed by atoms with Gasteiger partial charge in [0, 0.05) is 18.0 Å². The Bertz CT molecular complexity index is 500. The fourth-order valence-corrected chi connectivity index (χ4v) is 1.79. The Hall–Kier alpha value is -1.95. The summed E-state index contributed by atoms with van der Waals surface area (Å²) >= 11 is 1.14. The maximum atomic E-state index is 11.5. The zero-order valence-corrected chi connectivity index (χ0v) is 12.0. The van der Waals surface area contributed by atoms with Crippen molar-refractivity contribution in [1.29, 1.82) is 0 Å². The van der Waals surface area contributed by atoms with E-state index in [2.05, 4.69) is 14.7 Å². The normalized spacial score (nSPS) is 9.21. The Labute approximate surface area is 116 Å². The van der Waals surface area contributed by atoms with E-state index in [0.29, 0.717) is 16.7 Å². The molecule has 5 nitrogen and oxygen atoms in total. The minimum Gasteiger partial charge on any atom is -0.410 e. The highest BCUT2D eigenvalue weighted by Crippen LogP contribution is 2.13. The van der Waals surface area contributed by atoms with Crippen LogP contribution < -0.4 is 10.1 Å². The monoisotopic (exact) mass is 279 g/mol. The molecule has 0 fully saturated rings. The third kappa shape index (κ3) is 5.05. The lowest BCUT2D eigenvalue weighted by Gasteiger charge is -2.02. The van der Waals surface area contributed by atoms with Crippen LogP contribution >= 0.6 is 11.5 Å². The number of aromatic nitrogens is 2. The fourth-order valence-electron chi connectivity index (χ4n) is 1.16. The Balaban J connectivity index is 0.000000861. The molecule has 0 aliphatic heterocycles. The Morgan fingerprint density at radius 1 is 1.32 bits per heavy atom. The zero-order valence-electron chi connectivity index (χ0n) is 11.2.